The fourth-order valence-corrected chi connectivity index (χ4v) is 1.72. The molecular formula is C14H18N2O5. The summed E-state index contributed by atoms with van der Waals surface area (Å²) in [7, 11) is 0. The number of carbonyl (C=O) groups is 2. The van der Waals surface area contributed by atoms with Crippen molar-refractivity contribution < 1.29 is 19.2 Å². The number of nitrogens with zero attached hydrogens (tertiary/aromatic N) is 1. The lowest BCUT2D eigenvalue weighted by atomic mass is 10.2. The molecule has 0 saturated heterocycles. The van der Waals surface area contributed by atoms with E-state index in [-0.39, 0.29) is 23.2 Å². The van der Waals surface area contributed by atoms with Gasteiger partial charge in [-0.05, 0) is 18.9 Å². The molecule has 7 nitrogen and oxygen atoms in total. The van der Waals surface area contributed by atoms with Crippen LogP contribution in [0.1, 0.15) is 37.0 Å². The Morgan fingerprint density at radius 2 is 2.00 bits per heavy atom. The average Bonchev–Trinajstić information content (AvgIpc) is 2.50. The molecule has 1 amide bonds. The zero-order valence-corrected chi connectivity index (χ0v) is 12.0. The third-order valence-electron chi connectivity index (χ3n) is 2.98. The Morgan fingerprint density at radius 1 is 1.33 bits per heavy atom. The van der Waals surface area contributed by atoms with Gasteiger partial charge in [-0.1, -0.05) is 19.9 Å². The summed E-state index contributed by atoms with van der Waals surface area (Å²) in [5, 5.41) is 13.3. The highest BCUT2D eigenvalue weighted by molar-refractivity contribution is 5.91. The van der Waals surface area contributed by atoms with E-state index in [1.165, 1.54) is 18.2 Å². The lowest BCUT2D eigenvalue weighted by molar-refractivity contribution is -0.384. The van der Waals surface area contributed by atoms with E-state index in [2.05, 4.69) is 5.32 Å². The first kappa shape index (κ1) is 16.6. The number of hydrogen-bond acceptors (Lipinski definition) is 5. The molecule has 0 atom stereocenters. The number of nitro benzene ring substituents is 1. The summed E-state index contributed by atoms with van der Waals surface area (Å²) in [6, 6.07) is 5.22. The minimum Gasteiger partial charge on any atom is -0.452 e. The first-order valence-electron chi connectivity index (χ1n) is 6.68. The van der Waals surface area contributed by atoms with Crippen molar-refractivity contribution in [3.05, 3.63) is 39.9 Å². The van der Waals surface area contributed by atoms with Gasteiger partial charge in [0.05, 0.1) is 10.5 Å². The highest BCUT2D eigenvalue weighted by atomic mass is 16.6. The molecule has 7 heteroatoms. The Balaban J connectivity index is 2.56. The maximum Gasteiger partial charge on any atom is 0.338 e. The Hall–Kier alpha value is -2.44. The molecule has 1 aromatic carbocycles. The molecule has 0 unspecified atom stereocenters. The van der Waals surface area contributed by atoms with Crippen molar-refractivity contribution >= 4 is 17.6 Å². The molecule has 114 valence electrons. The van der Waals surface area contributed by atoms with Crippen molar-refractivity contribution in [3.63, 3.8) is 0 Å². The maximum atomic E-state index is 11.7. The van der Waals surface area contributed by atoms with Crippen LogP contribution in [0.4, 0.5) is 5.69 Å². The van der Waals surface area contributed by atoms with Crippen LogP contribution < -0.4 is 5.32 Å². The predicted molar refractivity (Wildman–Crippen MR) is 75.9 cm³/mol. The fourth-order valence-electron chi connectivity index (χ4n) is 1.72. The molecule has 0 fully saturated rings. The molecule has 1 aromatic rings. The second-order valence-corrected chi connectivity index (χ2v) is 4.46. The van der Waals surface area contributed by atoms with Crippen LogP contribution in [0.5, 0.6) is 0 Å². The Kier molecular flexibility index (Phi) is 6.32. The molecule has 0 spiro atoms. The fraction of sp³-hybridized carbons (Fsp3) is 0.429. The van der Waals surface area contributed by atoms with Crippen molar-refractivity contribution in [2.45, 2.75) is 32.7 Å². The zero-order valence-electron chi connectivity index (χ0n) is 12.0. The largest absolute Gasteiger partial charge is 0.452 e. The number of amides is 1. The first-order chi connectivity index (χ1) is 9.97. The van der Waals surface area contributed by atoms with E-state index in [1.54, 1.807) is 0 Å². The molecule has 0 aliphatic heterocycles. The first-order valence-corrected chi connectivity index (χ1v) is 6.68. The van der Waals surface area contributed by atoms with E-state index < -0.39 is 17.5 Å². The van der Waals surface area contributed by atoms with Crippen LogP contribution in [0.2, 0.25) is 0 Å². The number of ether oxygens (including phenoxy) is 1. The molecule has 0 heterocycles. The van der Waals surface area contributed by atoms with Gasteiger partial charge in [0.15, 0.2) is 6.61 Å². The van der Waals surface area contributed by atoms with Gasteiger partial charge in [0.25, 0.3) is 11.6 Å². The Bertz CT molecular complexity index is 526. The van der Waals surface area contributed by atoms with Gasteiger partial charge in [0.1, 0.15) is 0 Å². The van der Waals surface area contributed by atoms with Gasteiger partial charge in [0, 0.05) is 18.2 Å². The van der Waals surface area contributed by atoms with Crippen LogP contribution in [0, 0.1) is 10.1 Å². The van der Waals surface area contributed by atoms with E-state index in [4.69, 9.17) is 4.74 Å². The van der Waals surface area contributed by atoms with E-state index in [0.717, 1.165) is 18.9 Å². The summed E-state index contributed by atoms with van der Waals surface area (Å²) in [6.45, 7) is 3.49. The van der Waals surface area contributed by atoms with Crippen LogP contribution in [-0.2, 0) is 9.53 Å². The summed E-state index contributed by atoms with van der Waals surface area (Å²) in [6.07, 6.45) is 1.59. The van der Waals surface area contributed by atoms with Crippen LogP contribution >= 0.6 is 0 Å². The standard InChI is InChI=1S/C14H18N2O5/c1-3-11(4-2)15-13(17)9-21-14(18)10-6-5-7-12(8-10)16(19)20/h5-8,11H,3-4,9H2,1-2H3,(H,15,17). The predicted octanol–water partition coefficient (Wildman–Crippen LogP) is 2.06. The molecule has 0 aromatic heterocycles. The lowest BCUT2D eigenvalue weighted by Gasteiger charge is -2.14. The van der Waals surface area contributed by atoms with Crippen molar-refractivity contribution in [2.24, 2.45) is 0 Å². The third kappa shape index (κ3) is 5.21. The minimum absolute atomic E-state index is 0.0412. The average molecular weight is 294 g/mol. The van der Waals surface area contributed by atoms with Gasteiger partial charge in [-0.25, -0.2) is 4.79 Å². The number of benzene rings is 1. The molecule has 1 N–H and O–H groups in total. The highest BCUT2D eigenvalue weighted by Gasteiger charge is 2.15. The van der Waals surface area contributed by atoms with Crippen LogP contribution in [0.25, 0.3) is 0 Å². The summed E-state index contributed by atoms with van der Waals surface area (Å²) in [4.78, 5) is 33.3. The Morgan fingerprint density at radius 3 is 2.57 bits per heavy atom. The topological polar surface area (TPSA) is 98.5 Å². The van der Waals surface area contributed by atoms with Gasteiger partial charge in [-0.3, -0.25) is 14.9 Å². The molecule has 0 bridgehead atoms. The SMILES string of the molecule is CCC(CC)NC(=O)COC(=O)c1cccc([N+](=O)[O-])c1. The number of esters is 1. The van der Waals surface area contributed by atoms with Crippen LogP contribution in [0.15, 0.2) is 24.3 Å². The molecule has 0 aliphatic carbocycles. The number of carbonyl (C=O) groups excluding carboxylic acids is 2. The van der Waals surface area contributed by atoms with Gasteiger partial charge >= 0.3 is 5.97 Å². The van der Waals surface area contributed by atoms with Gasteiger partial charge in [-0.15, -0.1) is 0 Å². The number of hydrogen-bond donors (Lipinski definition) is 1. The van der Waals surface area contributed by atoms with E-state index in [9.17, 15) is 19.7 Å². The quantitative estimate of drug-likeness (QED) is 0.471. The number of nitro groups is 1. The summed E-state index contributed by atoms with van der Waals surface area (Å²) < 4.78 is 4.84. The monoisotopic (exact) mass is 294 g/mol. The van der Waals surface area contributed by atoms with Crippen molar-refractivity contribution in [1.29, 1.82) is 0 Å². The van der Waals surface area contributed by atoms with E-state index in [0.29, 0.717) is 0 Å². The number of nitrogens with one attached hydrogen (secondary N) is 1. The van der Waals surface area contributed by atoms with Crippen LogP contribution in [-0.4, -0.2) is 29.4 Å². The van der Waals surface area contributed by atoms with Crippen LogP contribution in [0.3, 0.4) is 0 Å². The van der Waals surface area contributed by atoms with Crippen molar-refractivity contribution in [1.82, 2.24) is 5.32 Å². The van der Waals surface area contributed by atoms with Gasteiger partial charge < -0.3 is 10.1 Å². The number of rotatable bonds is 7. The lowest BCUT2D eigenvalue weighted by Crippen LogP contribution is -2.36. The van der Waals surface area contributed by atoms with Crippen molar-refractivity contribution in [3.8, 4) is 0 Å². The zero-order chi connectivity index (χ0) is 15.8. The minimum atomic E-state index is -0.765. The van der Waals surface area contributed by atoms with Gasteiger partial charge in [0.2, 0.25) is 0 Å². The molecule has 0 saturated carbocycles. The van der Waals surface area contributed by atoms with Gasteiger partial charge in [-0.2, -0.15) is 0 Å². The summed E-state index contributed by atoms with van der Waals surface area (Å²) in [5.74, 6) is -1.15. The molecule has 21 heavy (non-hydrogen) atoms. The summed E-state index contributed by atoms with van der Waals surface area (Å²) >= 11 is 0. The van der Waals surface area contributed by atoms with Crippen molar-refractivity contribution in [2.75, 3.05) is 6.61 Å². The smallest absolute Gasteiger partial charge is 0.338 e. The molecule has 1 rings (SSSR count). The molecule has 0 radical (unpaired) electrons. The highest BCUT2D eigenvalue weighted by Crippen LogP contribution is 2.13. The third-order valence-corrected chi connectivity index (χ3v) is 2.98. The molecule has 0 aliphatic rings. The Labute approximate surface area is 122 Å². The second-order valence-electron chi connectivity index (χ2n) is 4.46. The summed E-state index contributed by atoms with van der Waals surface area (Å²) in [5.41, 5.74) is -0.162. The van der Waals surface area contributed by atoms with E-state index >= 15 is 0 Å². The molecular weight excluding hydrogens is 276 g/mol. The normalized spacial score (nSPS) is 10.2. The second kappa shape index (κ2) is 7.98. The van der Waals surface area contributed by atoms with E-state index in [1.807, 2.05) is 13.8 Å². The maximum absolute atomic E-state index is 11.7. The number of non-ortho nitro benzene ring substituents is 1.